The summed E-state index contributed by atoms with van der Waals surface area (Å²) in [6.45, 7) is 4.39. The van der Waals surface area contributed by atoms with Gasteiger partial charge in [-0.15, -0.1) is 0 Å². The molecule has 0 saturated carbocycles. The van der Waals surface area contributed by atoms with Crippen molar-refractivity contribution in [2.45, 2.75) is 19.8 Å². The van der Waals surface area contributed by atoms with E-state index in [1.165, 1.54) is 5.56 Å². The first-order valence-corrected chi connectivity index (χ1v) is 9.54. The first kappa shape index (κ1) is 16.7. The number of furan rings is 1. The lowest BCUT2D eigenvalue weighted by molar-refractivity contribution is 0.654. The Kier molecular flexibility index (Phi) is 3.94. The second kappa shape index (κ2) is 6.61. The first-order valence-electron chi connectivity index (χ1n) is 9.54. The van der Waals surface area contributed by atoms with Crippen LogP contribution in [0.2, 0.25) is 0 Å². The molecule has 0 saturated heterocycles. The molecule has 28 heavy (non-hydrogen) atoms. The zero-order valence-corrected chi connectivity index (χ0v) is 15.9. The Morgan fingerprint density at radius 1 is 0.750 bits per heavy atom. The number of pyridine rings is 2. The molecular weight excluding hydrogens is 344 g/mol. The van der Waals surface area contributed by atoms with Crippen LogP contribution in [0.3, 0.4) is 0 Å². The molecule has 0 radical (unpaired) electrons. The largest absolute Gasteiger partial charge is 0.438 e. The molecule has 0 amide bonds. The molecule has 3 nitrogen and oxygen atoms in total. The third-order valence-corrected chi connectivity index (χ3v) is 5.15. The summed E-state index contributed by atoms with van der Waals surface area (Å²) in [6, 6.07) is 24.8. The SMILES string of the molecule is CC(C)c1ccnc(-c2ccc3oc4nc(-c5ccccc5)ccc4c3c2)c1. The maximum Gasteiger partial charge on any atom is 0.227 e. The van der Waals surface area contributed by atoms with Gasteiger partial charge < -0.3 is 4.42 Å². The maximum atomic E-state index is 6.04. The van der Waals surface area contributed by atoms with E-state index in [2.05, 4.69) is 67.4 Å². The van der Waals surface area contributed by atoms with Crippen LogP contribution in [0.5, 0.6) is 0 Å². The Balaban J connectivity index is 1.63. The van der Waals surface area contributed by atoms with Crippen molar-refractivity contribution in [3.8, 4) is 22.5 Å². The molecule has 0 spiro atoms. The van der Waals surface area contributed by atoms with Crippen LogP contribution in [-0.2, 0) is 0 Å². The molecular formula is C25H20N2O. The molecule has 0 N–H and O–H groups in total. The van der Waals surface area contributed by atoms with E-state index in [0.29, 0.717) is 11.6 Å². The summed E-state index contributed by atoms with van der Waals surface area (Å²) in [6.07, 6.45) is 1.88. The van der Waals surface area contributed by atoms with E-state index in [4.69, 9.17) is 9.40 Å². The van der Waals surface area contributed by atoms with Gasteiger partial charge >= 0.3 is 0 Å². The predicted octanol–water partition coefficient (Wildman–Crippen LogP) is 6.83. The number of hydrogen-bond donors (Lipinski definition) is 0. The highest BCUT2D eigenvalue weighted by Gasteiger charge is 2.12. The third-order valence-electron chi connectivity index (χ3n) is 5.15. The zero-order valence-electron chi connectivity index (χ0n) is 15.9. The van der Waals surface area contributed by atoms with Crippen molar-refractivity contribution in [2.75, 3.05) is 0 Å². The standard InChI is InChI=1S/C25H20N2O/c1-16(2)18-12-13-26-23(15-18)19-8-11-24-21(14-19)20-9-10-22(27-25(20)28-24)17-6-4-3-5-7-17/h3-16H,1-2H3. The van der Waals surface area contributed by atoms with E-state index in [9.17, 15) is 0 Å². The number of benzene rings is 2. The van der Waals surface area contributed by atoms with Gasteiger partial charge in [-0.05, 0) is 53.9 Å². The minimum Gasteiger partial charge on any atom is -0.438 e. The predicted molar refractivity (Wildman–Crippen MR) is 114 cm³/mol. The monoisotopic (exact) mass is 364 g/mol. The summed E-state index contributed by atoms with van der Waals surface area (Å²) < 4.78 is 6.04. The van der Waals surface area contributed by atoms with Crippen LogP contribution < -0.4 is 0 Å². The van der Waals surface area contributed by atoms with Crippen molar-refractivity contribution < 1.29 is 4.42 Å². The Hall–Kier alpha value is -3.46. The van der Waals surface area contributed by atoms with E-state index >= 15 is 0 Å². The van der Waals surface area contributed by atoms with Crippen molar-refractivity contribution in [3.63, 3.8) is 0 Å². The highest BCUT2D eigenvalue weighted by molar-refractivity contribution is 6.05. The molecule has 0 bridgehead atoms. The van der Waals surface area contributed by atoms with Crippen LogP contribution >= 0.6 is 0 Å². The lowest BCUT2D eigenvalue weighted by atomic mass is 10.0. The van der Waals surface area contributed by atoms with Gasteiger partial charge in [0.25, 0.3) is 0 Å². The number of aromatic nitrogens is 2. The molecule has 3 heteroatoms. The number of hydrogen-bond acceptors (Lipinski definition) is 3. The summed E-state index contributed by atoms with van der Waals surface area (Å²) >= 11 is 0. The fourth-order valence-corrected chi connectivity index (χ4v) is 3.55. The second-order valence-electron chi connectivity index (χ2n) is 7.36. The van der Waals surface area contributed by atoms with E-state index in [0.717, 1.165) is 38.9 Å². The van der Waals surface area contributed by atoms with Crippen LogP contribution in [0.1, 0.15) is 25.3 Å². The van der Waals surface area contributed by atoms with Crippen molar-refractivity contribution >= 4 is 22.1 Å². The minimum atomic E-state index is 0.473. The lowest BCUT2D eigenvalue weighted by Crippen LogP contribution is -1.90. The minimum absolute atomic E-state index is 0.473. The van der Waals surface area contributed by atoms with Crippen LogP contribution in [0.4, 0.5) is 0 Å². The van der Waals surface area contributed by atoms with E-state index in [1.54, 1.807) is 0 Å². The van der Waals surface area contributed by atoms with Crippen molar-refractivity contribution in [1.29, 1.82) is 0 Å². The Labute approximate surface area is 163 Å². The van der Waals surface area contributed by atoms with Crippen LogP contribution in [0.15, 0.2) is 83.4 Å². The van der Waals surface area contributed by atoms with Gasteiger partial charge in [0.1, 0.15) is 5.58 Å². The van der Waals surface area contributed by atoms with Gasteiger partial charge in [0, 0.05) is 28.1 Å². The van der Waals surface area contributed by atoms with E-state index in [1.807, 2.05) is 30.5 Å². The molecule has 5 aromatic rings. The first-order chi connectivity index (χ1) is 13.7. The van der Waals surface area contributed by atoms with Gasteiger partial charge in [-0.1, -0.05) is 44.2 Å². The molecule has 3 aromatic heterocycles. The molecule has 0 aliphatic rings. The van der Waals surface area contributed by atoms with Gasteiger partial charge in [-0.3, -0.25) is 4.98 Å². The van der Waals surface area contributed by atoms with E-state index in [-0.39, 0.29) is 0 Å². The summed E-state index contributed by atoms with van der Waals surface area (Å²) in [7, 11) is 0. The zero-order chi connectivity index (χ0) is 19.1. The highest BCUT2D eigenvalue weighted by Crippen LogP contribution is 2.33. The normalized spacial score (nSPS) is 11.5. The average molecular weight is 364 g/mol. The average Bonchev–Trinajstić information content (AvgIpc) is 3.11. The Morgan fingerprint density at radius 3 is 2.43 bits per heavy atom. The van der Waals surface area contributed by atoms with E-state index < -0.39 is 0 Å². The maximum absolute atomic E-state index is 6.04. The van der Waals surface area contributed by atoms with Crippen molar-refractivity contribution in [2.24, 2.45) is 0 Å². The Morgan fingerprint density at radius 2 is 1.61 bits per heavy atom. The molecule has 2 aromatic carbocycles. The van der Waals surface area contributed by atoms with Gasteiger partial charge in [0.2, 0.25) is 5.71 Å². The molecule has 0 aliphatic carbocycles. The lowest BCUT2D eigenvalue weighted by Gasteiger charge is -2.07. The molecule has 0 fully saturated rings. The molecule has 5 rings (SSSR count). The van der Waals surface area contributed by atoms with Crippen molar-refractivity contribution in [1.82, 2.24) is 9.97 Å². The quantitative estimate of drug-likeness (QED) is 0.352. The van der Waals surface area contributed by atoms with Gasteiger partial charge in [-0.25, -0.2) is 4.98 Å². The number of fused-ring (bicyclic) bond motifs is 3. The second-order valence-corrected chi connectivity index (χ2v) is 7.36. The topological polar surface area (TPSA) is 38.9 Å². The van der Waals surface area contributed by atoms with Gasteiger partial charge in [0.05, 0.1) is 11.4 Å². The van der Waals surface area contributed by atoms with Crippen LogP contribution in [-0.4, -0.2) is 9.97 Å². The summed E-state index contributed by atoms with van der Waals surface area (Å²) in [5.41, 5.74) is 6.87. The third kappa shape index (κ3) is 2.85. The van der Waals surface area contributed by atoms with Crippen LogP contribution in [0.25, 0.3) is 44.6 Å². The Bertz CT molecular complexity index is 1290. The molecule has 3 heterocycles. The van der Waals surface area contributed by atoms with Crippen LogP contribution in [0, 0.1) is 0 Å². The summed E-state index contributed by atoms with van der Waals surface area (Å²) in [5.74, 6) is 0.473. The van der Waals surface area contributed by atoms with Crippen molar-refractivity contribution in [3.05, 3.63) is 84.6 Å². The number of rotatable bonds is 3. The molecule has 0 atom stereocenters. The van der Waals surface area contributed by atoms with Gasteiger partial charge in [-0.2, -0.15) is 0 Å². The fourth-order valence-electron chi connectivity index (χ4n) is 3.55. The summed E-state index contributed by atoms with van der Waals surface area (Å²) in [5, 5.41) is 2.09. The smallest absolute Gasteiger partial charge is 0.227 e. The highest BCUT2D eigenvalue weighted by atomic mass is 16.3. The fraction of sp³-hybridized carbons (Fsp3) is 0.120. The summed E-state index contributed by atoms with van der Waals surface area (Å²) in [4.78, 5) is 9.31. The molecule has 0 aliphatic heterocycles. The molecule has 136 valence electrons. The van der Waals surface area contributed by atoms with Gasteiger partial charge in [0.15, 0.2) is 0 Å². The number of nitrogens with zero attached hydrogens (tertiary/aromatic N) is 2. The molecule has 0 unspecified atom stereocenters.